The van der Waals surface area contributed by atoms with E-state index < -0.39 is 94.3 Å². The van der Waals surface area contributed by atoms with Crippen LogP contribution in [0.3, 0.4) is 0 Å². The number of fused-ring (bicyclic) bond motifs is 1. The van der Waals surface area contributed by atoms with E-state index in [9.17, 15) is 76.7 Å². The first kappa shape index (κ1) is 105. The monoisotopic (exact) mass is 1890 g/mol. The van der Waals surface area contributed by atoms with E-state index in [1.807, 2.05) is 12.1 Å². The van der Waals surface area contributed by atoms with Crippen LogP contribution in [0.5, 0.6) is 0 Å². The number of carbonyl (C=O) groups excluding carboxylic acids is 10. The second-order valence-corrected chi connectivity index (χ2v) is 24.9. The van der Waals surface area contributed by atoms with Crippen molar-refractivity contribution < 1.29 is 139 Å². The first-order chi connectivity index (χ1) is 64.2. The fraction of sp³-hybridized carbons (Fsp3) is 0.0215. The molecule has 0 unspecified atom stereocenters. The van der Waals surface area contributed by atoms with E-state index in [1.165, 1.54) is 204 Å². The number of ether oxygens (including phenoxy) is 3. The molecule has 1 aliphatic heterocycles. The molecular formula is C93H64BrMgN15O25. The third kappa shape index (κ3) is 30.8. The van der Waals surface area contributed by atoms with Crippen LogP contribution in [0, 0.1) is 6.20 Å². The summed E-state index contributed by atoms with van der Waals surface area (Å²) in [6, 6.07) is 58.2. The molecule has 0 atom stereocenters. The van der Waals surface area contributed by atoms with Crippen molar-refractivity contribution in [2.24, 2.45) is 0 Å². The van der Waals surface area contributed by atoms with Crippen LogP contribution < -0.4 is 17.0 Å². The van der Waals surface area contributed by atoms with E-state index in [4.69, 9.17) is 30.6 Å². The number of aromatic nitrogens is 15. The molecule has 1 aliphatic rings. The van der Waals surface area contributed by atoms with E-state index in [0.29, 0.717) is 0 Å². The topological polar surface area (TPSA) is 616 Å². The standard InChI is InChI=1S/2C13H10N2O3.4C12H8N2O3.C7H5NO4.C7H3NO3.C5H4N.BrH.Mg/c1-18-13(17)9-5-4-8-15-11(9)12(16)10-6-2-3-7-14-10;1-18-13(17)11-9(5-4-8-15-11)12(16)10-6-2-3-7-14-10;2*15-11(9-5-1-2-6-13-9)10-8(12(16)17)4-3-7-14-10;2*15-11(9-5-1-2-6-13-9)8-4-3-7-14-10(8)12(16)17;9-6(10)4-2-1-3-8-5(4)7(11)12;9-6-4-2-1-3-8-5(4)7(10)11-6;1-2-4-6-5-3-1;;/h2*2-8H,1H3;4*1-7H,(H,16,17);1-3H,(H,9,10)(H,11,12);1-3H;1-4H;1H;/q;;;;;;;;-1;;+2/p-1. The summed E-state index contributed by atoms with van der Waals surface area (Å²) in [6.07, 6.45) is 24.2. The van der Waals surface area contributed by atoms with E-state index in [-0.39, 0.29) is 164 Å². The van der Waals surface area contributed by atoms with Crippen molar-refractivity contribution in [3.05, 3.63) is 448 Å². The van der Waals surface area contributed by atoms with Gasteiger partial charge in [0.1, 0.15) is 51.2 Å². The van der Waals surface area contributed by atoms with E-state index in [0.717, 1.165) is 0 Å². The van der Waals surface area contributed by atoms with Crippen LogP contribution in [0.2, 0.25) is 0 Å². The Labute approximate surface area is 788 Å². The molecule has 670 valence electrons. The molecular weight excluding hydrogens is 1830 g/mol. The number of pyridine rings is 15. The first-order valence-corrected chi connectivity index (χ1v) is 37.6. The number of ketones is 6. The maximum Gasteiger partial charge on any atom is 2.00 e. The molecule has 15 aromatic heterocycles. The van der Waals surface area contributed by atoms with Crippen LogP contribution in [0.25, 0.3) is 0 Å². The van der Waals surface area contributed by atoms with Gasteiger partial charge in [0.15, 0.2) is 28.5 Å². The number of methoxy groups -OCH3 is 2. The summed E-state index contributed by atoms with van der Waals surface area (Å²) in [5, 5.41) is 52.8. The molecule has 0 amide bonds. The molecule has 0 spiro atoms. The third-order valence-corrected chi connectivity index (χ3v) is 16.4. The number of hydrogen-bond donors (Lipinski definition) is 6. The molecule has 40 nitrogen and oxygen atoms in total. The van der Waals surface area contributed by atoms with Gasteiger partial charge in [-0.2, -0.15) is 18.2 Å². The Kier molecular flexibility index (Phi) is 42.5. The van der Waals surface area contributed by atoms with Crippen molar-refractivity contribution in [3.63, 3.8) is 0 Å². The summed E-state index contributed by atoms with van der Waals surface area (Å²) in [5.74, 6) is -12.6. The third-order valence-electron chi connectivity index (χ3n) is 16.4. The van der Waals surface area contributed by atoms with Gasteiger partial charge in [0, 0.05) is 86.8 Å². The van der Waals surface area contributed by atoms with E-state index >= 15 is 0 Å². The molecule has 42 heteroatoms. The van der Waals surface area contributed by atoms with Gasteiger partial charge in [-0.15, -0.1) is 0 Å². The Morgan fingerprint density at radius 2 is 0.504 bits per heavy atom. The smallest absolute Gasteiger partial charge is 1.00 e. The summed E-state index contributed by atoms with van der Waals surface area (Å²) in [5.41, 5.74) is 0.334. The average Bonchev–Trinajstić information content (AvgIpc) is 1.73. The summed E-state index contributed by atoms with van der Waals surface area (Å²) in [7, 11) is 2.50. The van der Waals surface area contributed by atoms with Gasteiger partial charge in [0.25, 0.3) is 0 Å². The molecule has 16 rings (SSSR count). The van der Waals surface area contributed by atoms with Crippen molar-refractivity contribution in [2.75, 3.05) is 14.2 Å². The van der Waals surface area contributed by atoms with Crippen LogP contribution >= 0.6 is 0 Å². The van der Waals surface area contributed by atoms with E-state index in [1.54, 1.807) is 115 Å². The number of esters is 4. The minimum Gasteiger partial charge on any atom is -1.00 e. The molecule has 0 aromatic carbocycles. The van der Waals surface area contributed by atoms with Crippen LogP contribution in [0.4, 0.5) is 0 Å². The zero-order valence-electron chi connectivity index (χ0n) is 69.8. The zero-order chi connectivity index (χ0) is 96.1. The second kappa shape index (κ2) is 54.6. The molecule has 15 aromatic rings. The summed E-state index contributed by atoms with van der Waals surface area (Å²) in [6.45, 7) is 0. The number of aromatic carboxylic acids is 6. The zero-order valence-corrected chi connectivity index (χ0v) is 72.8. The van der Waals surface area contributed by atoms with Crippen LogP contribution in [0.1, 0.15) is 201 Å². The number of carbonyl (C=O) groups is 16. The normalized spacial score (nSPS) is 9.97. The maximum atomic E-state index is 12.2. The molecule has 0 aliphatic carbocycles. The second-order valence-electron chi connectivity index (χ2n) is 24.9. The predicted molar refractivity (Wildman–Crippen MR) is 463 cm³/mol. The Morgan fingerprint density at radius 3 is 0.763 bits per heavy atom. The molecule has 16 heterocycles. The summed E-state index contributed by atoms with van der Waals surface area (Å²) < 4.78 is 13.5. The van der Waals surface area contributed by atoms with Gasteiger partial charge in [0.05, 0.1) is 58.7 Å². The van der Waals surface area contributed by atoms with Gasteiger partial charge in [-0.1, -0.05) is 48.8 Å². The largest absolute Gasteiger partial charge is 2.00 e. The SMILES string of the molecule is COC(=O)c1cccnc1C(=O)c1ccccn1.COC(=O)c1ncccc1C(=O)c1ccccn1.O=C(O)c1cccnc1C(=O)O.O=C(O)c1cccnc1C(=O)c1ccccn1.O=C(O)c1cccnc1C(=O)c1ccccn1.O=C(c1ccccn1)c1cccnc1C(=O)O.O=C(c1ccccn1)c1cccnc1C(=O)O.O=C1OC(=O)c2ncccc21.[Br-].[Mg+2].[c-]1ccccn1. The van der Waals surface area contributed by atoms with Gasteiger partial charge in [0.2, 0.25) is 34.7 Å². The fourth-order valence-corrected chi connectivity index (χ4v) is 10.5. The number of carboxylic acids is 6. The van der Waals surface area contributed by atoms with Gasteiger partial charge in [-0.3, -0.25) is 73.6 Å². The van der Waals surface area contributed by atoms with Crippen molar-refractivity contribution in [1.29, 1.82) is 0 Å². The van der Waals surface area contributed by atoms with Crippen molar-refractivity contribution in [2.45, 2.75) is 0 Å². The Bertz CT molecular complexity index is 6100. The van der Waals surface area contributed by atoms with Crippen molar-refractivity contribution >= 4 is 117 Å². The minimum atomic E-state index is -1.34. The number of halogens is 1. The minimum absolute atomic E-state index is 0. The molecule has 135 heavy (non-hydrogen) atoms. The Hall–Kier alpha value is -18.6. The number of cyclic esters (lactones) is 2. The van der Waals surface area contributed by atoms with Crippen molar-refractivity contribution in [1.82, 2.24) is 74.8 Å². The Morgan fingerprint density at radius 1 is 0.252 bits per heavy atom. The summed E-state index contributed by atoms with van der Waals surface area (Å²) in [4.78, 5) is 238. The summed E-state index contributed by atoms with van der Waals surface area (Å²) >= 11 is 0. The number of nitrogens with zero attached hydrogens (tertiary/aromatic N) is 15. The van der Waals surface area contributed by atoms with Crippen LogP contribution in [0.15, 0.2) is 317 Å². The van der Waals surface area contributed by atoms with E-state index in [2.05, 4.69) is 95.2 Å². The quantitative estimate of drug-likeness (QED) is 0.0112. The molecule has 6 N–H and O–H groups in total. The van der Waals surface area contributed by atoms with Crippen molar-refractivity contribution in [3.8, 4) is 0 Å². The Balaban J connectivity index is 0.000000235. The molecule has 0 bridgehead atoms. The predicted octanol–water partition coefficient (Wildman–Crippen LogP) is 6.99. The molecule has 0 saturated carbocycles. The number of rotatable bonds is 20. The molecule has 0 saturated heterocycles. The van der Waals surface area contributed by atoms with Crippen LogP contribution in [-0.4, -0.2) is 237 Å². The van der Waals surface area contributed by atoms with Gasteiger partial charge >= 0.3 is 82.7 Å². The van der Waals surface area contributed by atoms with Gasteiger partial charge in [-0.25, -0.2) is 72.9 Å². The van der Waals surface area contributed by atoms with Crippen LogP contribution in [-0.2, 0) is 14.2 Å². The fourth-order valence-electron chi connectivity index (χ4n) is 10.5. The number of carboxylic acid groups (broad SMARTS) is 6. The molecule has 0 radical (unpaired) electrons. The van der Waals surface area contributed by atoms with Gasteiger partial charge in [-0.05, 0) is 170 Å². The first-order valence-electron chi connectivity index (χ1n) is 37.6. The number of hydrogen-bond acceptors (Lipinski definition) is 34. The molecule has 0 fully saturated rings. The average molecular weight is 1900 g/mol. The maximum absolute atomic E-state index is 12.2. The van der Waals surface area contributed by atoms with Gasteiger partial charge < -0.3 is 66.8 Å².